The van der Waals surface area contributed by atoms with Crippen molar-refractivity contribution < 1.29 is 40.4 Å². The van der Waals surface area contributed by atoms with Crippen molar-refractivity contribution in [3.63, 3.8) is 0 Å². The fraction of sp³-hybridized carbons (Fsp3) is 0. The molecule has 0 nitrogen and oxygen atoms in total. The molecule has 1 aromatic rings. The van der Waals surface area contributed by atoms with Gasteiger partial charge in [0.25, 0.3) is 0 Å². The summed E-state index contributed by atoms with van der Waals surface area (Å²) in [5.74, 6) is 0. The minimum Gasteiger partial charge on any atom is -0.358 e. The molecule has 44 valence electrons. The molecule has 1 rings (SSSR count). The van der Waals surface area contributed by atoms with Crippen molar-refractivity contribution in [3.05, 3.63) is 43.8 Å². The molecule has 8 heavy (non-hydrogen) atoms. The van der Waals surface area contributed by atoms with Crippen molar-refractivity contribution in [2.75, 3.05) is 0 Å². The van der Waals surface area contributed by atoms with Gasteiger partial charge in [0, 0.05) is 40.4 Å². The molecule has 1 heteroatoms. The second-order valence-electron chi connectivity index (χ2n) is 1.08. The van der Waals surface area contributed by atoms with E-state index in [1.54, 1.807) is 0 Å². The maximum Gasteiger partial charge on any atom is 0 e. The van der Waals surface area contributed by atoms with Crippen LogP contribution >= 0.6 is 0 Å². The summed E-state index contributed by atoms with van der Waals surface area (Å²) < 4.78 is 0. The quantitative estimate of drug-likeness (QED) is 0.610. The molecule has 0 fully saturated rings. The molecule has 0 N–H and O–H groups in total. The Labute approximate surface area is 83.4 Å². The largest absolute Gasteiger partial charge is 0.358 e. The molecule has 0 heterocycles. The van der Waals surface area contributed by atoms with Crippen LogP contribution in [0.4, 0.5) is 0 Å². The summed E-state index contributed by atoms with van der Waals surface area (Å²) in [6, 6.07) is 12.5. The van der Waals surface area contributed by atoms with Gasteiger partial charge >= 0.3 is 0 Å². The maximum absolute atomic E-state index is 2.89. The molecular formula is C7H8Sm-2. The van der Waals surface area contributed by atoms with Gasteiger partial charge in [0.2, 0.25) is 0 Å². The molecule has 0 unspecified atom stereocenters. The Hall–Kier alpha value is 0.558. The smallest absolute Gasteiger partial charge is 0 e. The molecule has 0 saturated carbocycles. The monoisotopic (exact) mass is 244 g/mol. The van der Waals surface area contributed by atoms with E-state index in [9.17, 15) is 0 Å². The fourth-order valence-corrected chi connectivity index (χ4v) is 0.342. The minimum atomic E-state index is 0. The van der Waals surface area contributed by atoms with Crippen LogP contribution in [0.3, 0.4) is 0 Å². The molecule has 0 radical (unpaired) electrons. The van der Waals surface area contributed by atoms with Crippen LogP contribution in [0.1, 0.15) is 0 Å². The first-order valence-electron chi connectivity index (χ1n) is 1.91. The van der Waals surface area contributed by atoms with E-state index in [0.29, 0.717) is 0 Å². The van der Waals surface area contributed by atoms with E-state index in [0.717, 1.165) is 0 Å². The molecule has 0 aliphatic rings. The molecule has 0 amide bonds. The van der Waals surface area contributed by atoms with Crippen molar-refractivity contribution >= 4 is 0 Å². The number of hydrogen-bond acceptors (Lipinski definition) is 0. The van der Waals surface area contributed by atoms with Gasteiger partial charge in [-0.2, -0.15) is 36.4 Å². The molecule has 0 spiro atoms. The van der Waals surface area contributed by atoms with E-state index in [1.807, 2.05) is 30.3 Å². The van der Waals surface area contributed by atoms with Crippen molar-refractivity contribution in [2.24, 2.45) is 0 Å². The summed E-state index contributed by atoms with van der Waals surface area (Å²) >= 11 is 0. The van der Waals surface area contributed by atoms with Gasteiger partial charge in [0.15, 0.2) is 0 Å². The molecule has 1 aromatic carbocycles. The van der Waals surface area contributed by atoms with Crippen LogP contribution in [-0.2, 0) is 0 Å². The van der Waals surface area contributed by atoms with Crippen LogP contribution in [0, 0.1) is 53.9 Å². The Morgan fingerprint density at radius 1 is 0.875 bits per heavy atom. The Balaban J connectivity index is 0. The molecule has 0 atom stereocenters. The molecule has 0 aromatic heterocycles. The van der Waals surface area contributed by atoms with Crippen molar-refractivity contribution in [1.29, 1.82) is 0 Å². The standard InChI is InChI=1S/C6H5.CH3.Sm/c1-2-4-6-5-3-1;;/h1-5H;1H3;/q2*-1;. The number of rotatable bonds is 0. The summed E-state index contributed by atoms with van der Waals surface area (Å²) in [5, 5.41) is 0. The van der Waals surface area contributed by atoms with E-state index >= 15 is 0 Å². The minimum absolute atomic E-state index is 0. The summed E-state index contributed by atoms with van der Waals surface area (Å²) in [6.07, 6.45) is 0. The summed E-state index contributed by atoms with van der Waals surface area (Å²) in [6.45, 7) is 0. The fourth-order valence-electron chi connectivity index (χ4n) is 0.342. The summed E-state index contributed by atoms with van der Waals surface area (Å²) in [5.41, 5.74) is 0. The van der Waals surface area contributed by atoms with E-state index in [2.05, 4.69) is 6.07 Å². The third-order valence-electron chi connectivity index (χ3n) is 0.607. The SMILES string of the molecule is [CH3-].[Sm].[c-]1ccccc1. The summed E-state index contributed by atoms with van der Waals surface area (Å²) in [4.78, 5) is 0. The maximum atomic E-state index is 2.89. The van der Waals surface area contributed by atoms with E-state index < -0.39 is 0 Å². The van der Waals surface area contributed by atoms with Gasteiger partial charge in [-0.25, -0.2) is 0 Å². The average Bonchev–Trinajstić information content (AvgIpc) is 1.72. The van der Waals surface area contributed by atoms with E-state index in [-0.39, 0.29) is 47.8 Å². The predicted octanol–water partition coefficient (Wildman–Crippen LogP) is 1.94. The summed E-state index contributed by atoms with van der Waals surface area (Å²) in [7, 11) is 0. The zero-order chi connectivity index (χ0) is 4.24. The van der Waals surface area contributed by atoms with Crippen LogP contribution in [0.15, 0.2) is 30.3 Å². The molecule has 0 bridgehead atoms. The Morgan fingerprint density at radius 2 is 1.38 bits per heavy atom. The first-order valence-corrected chi connectivity index (χ1v) is 1.91. The normalized spacial score (nSPS) is 6.00. The Kier molecular flexibility index (Phi) is 10.7. The molecule has 0 saturated heterocycles. The molecule has 0 aliphatic heterocycles. The van der Waals surface area contributed by atoms with Crippen LogP contribution < -0.4 is 0 Å². The van der Waals surface area contributed by atoms with Crippen LogP contribution in [-0.4, -0.2) is 0 Å². The molecular weight excluding hydrogens is 234 g/mol. The Bertz CT molecular complexity index is 76.3. The first kappa shape index (κ1) is 11.4. The van der Waals surface area contributed by atoms with Gasteiger partial charge in [-0.15, -0.1) is 0 Å². The van der Waals surface area contributed by atoms with Crippen molar-refractivity contribution in [1.82, 2.24) is 0 Å². The third-order valence-corrected chi connectivity index (χ3v) is 0.607. The van der Waals surface area contributed by atoms with E-state index in [4.69, 9.17) is 0 Å². The van der Waals surface area contributed by atoms with E-state index in [1.165, 1.54) is 0 Å². The van der Waals surface area contributed by atoms with Gasteiger partial charge < -0.3 is 7.43 Å². The van der Waals surface area contributed by atoms with Gasteiger partial charge in [-0.05, 0) is 0 Å². The zero-order valence-corrected chi connectivity index (χ0v) is 7.41. The average molecular weight is 243 g/mol. The number of benzene rings is 1. The van der Waals surface area contributed by atoms with Crippen molar-refractivity contribution in [3.8, 4) is 0 Å². The zero-order valence-electron chi connectivity index (χ0n) is 4.79. The van der Waals surface area contributed by atoms with Crippen molar-refractivity contribution in [2.45, 2.75) is 0 Å². The van der Waals surface area contributed by atoms with Crippen LogP contribution in [0.2, 0.25) is 0 Å². The second kappa shape index (κ2) is 7.56. The first-order chi connectivity index (χ1) is 3.00. The topological polar surface area (TPSA) is 0 Å². The predicted molar refractivity (Wildman–Crippen MR) is 31.7 cm³/mol. The Morgan fingerprint density at radius 3 is 1.50 bits per heavy atom. The second-order valence-corrected chi connectivity index (χ2v) is 1.08. The van der Waals surface area contributed by atoms with Gasteiger partial charge in [0.05, 0.1) is 0 Å². The van der Waals surface area contributed by atoms with Crippen LogP contribution in [0.25, 0.3) is 0 Å². The third kappa shape index (κ3) is 4.71. The van der Waals surface area contributed by atoms with Crippen LogP contribution in [0.5, 0.6) is 0 Å². The van der Waals surface area contributed by atoms with Gasteiger partial charge in [0.1, 0.15) is 0 Å². The molecule has 0 aliphatic carbocycles. The van der Waals surface area contributed by atoms with Gasteiger partial charge in [-0.1, -0.05) is 0 Å². The number of hydrogen-bond donors (Lipinski definition) is 0. The van der Waals surface area contributed by atoms with Gasteiger partial charge in [-0.3, -0.25) is 0 Å².